The zero-order valence-electron chi connectivity index (χ0n) is 19.4. The van der Waals surface area contributed by atoms with E-state index in [1.54, 1.807) is 6.07 Å². The maximum atomic E-state index is 12.2. The highest BCUT2D eigenvalue weighted by molar-refractivity contribution is 6.05. The van der Waals surface area contributed by atoms with E-state index in [0.717, 1.165) is 69.2 Å². The zero-order valence-corrected chi connectivity index (χ0v) is 19.4. The van der Waals surface area contributed by atoms with Gasteiger partial charge in [0.15, 0.2) is 0 Å². The molecule has 2 aromatic rings. The Morgan fingerprint density at radius 1 is 1.16 bits per heavy atom. The Labute approximate surface area is 189 Å². The summed E-state index contributed by atoms with van der Waals surface area (Å²) in [7, 11) is 0. The summed E-state index contributed by atoms with van der Waals surface area (Å²) in [5.41, 5.74) is 9.13. The average Bonchev–Trinajstić information content (AvgIpc) is 2.74. The molecule has 0 saturated carbocycles. The van der Waals surface area contributed by atoms with Crippen LogP contribution in [0.5, 0.6) is 5.75 Å². The summed E-state index contributed by atoms with van der Waals surface area (Å²) in [4.78, 5) is 16.9. The van der Waals surface area contributed by atoms with Crippen LogP contribution < -0.4 is 10.1 Å². The summed E-state index contributed by atoms with van der Waals surface area (Å²) in [5.74, 6) is -0.150. The maximum absolute atomic E-state index is 12.2. The second-order valence-electron chi connectivity index (χ2n) is 8.44. The second-order valence-corrected chi connectivity index (χ2v) is 8.44. The van der Waals surface area contributed by atoms with Gasteiger partial charge in [-0.25, -0.2) is 4.79 Å². The van der Waals surface area contributed by atoms with Gasteiger partial charge in [-0.3, -0.25) is 4.99 Å². The van der Waals surface area contributed by atoms with E-state index >= 15 is 0 Å². The van der Waals surface area contributed by atoms with Crippen LogP contribution in [0.3, 0.4) is 0 Å². The van der Waals surface area contributed by atoms with Gasteiger partial charge < -0.3 is 15.2 Å². The number of fused-ring (bicyclic) bond motifs is 2. The fraction of sp³-hybridized carbons (Fsp3) is 0.333. The quantitative estimate of drug-likeness (QED) is 0.628. The van der Waals surface area contributed by atoms with Crippen molar-refractivity contribution >= 4 is 22.9 Å². The third-order valence-electron chi connectivity index (χ3n) is 6.10. The Bertz CT molecular complexity index is 1190. The summed E-state index contributed by atoms with van der Waals surface area (Å²) >= 11 is 0. The number of carbonyl (C=O) groups is 1. The first kappa shape index (κ1) is 21.9. The molecule has 0 bridgehead atoms. The molecule has 4 rings (SSSR count). The first-order valence-electron chi connectivity index (χ1n) is 11.2. The molecule has 32 heavy (non-hydrogen) atoms. The van der Waals surface area contributed by atoms with E-state index in [0.29, 0.717) is 12.0 Å². The van der Waals surface area contributed by atoms with E-state index in [1.165, 1.54) is 0 Å². The number of rotatable bonds is 5. The molecule has 1 aliphatic carbocycles. The number of hydrogen-bond donors (Lipinski definition) is 2. The van der Waals surface area contributed by atoms with Gasteiger partial charge in [-0.15, -0.1) is 0 Å². The minimum Gasteiger partial charge on any atom is -0.485 e. The number of nitrogens with zero attached hydrogens (tertiary/aromatic N) is 1. The van der Waals surface area contributed by atoms with Crippen LogP contribution in [-0.2, 0) is 0 Å². The molecule has 5 nitrogen and oxygen atoms in total. The predicted molar refractivity (Wildman–Crippen MR) is 130 cm³/mol. The minimum absolute atomic E-state index is 0.202. The van der Waals surface area contributed by atoms with Crippen LogP contribution >= 0.6 is 0 Å². The van der Waals surface area contributed by atoms with E-state index < -0.39 is 5.97 Å². The third kappa shape index (κ3) is 3.83. The predicted octanol–water partition coefficient (Wildman–Crippen LogP) is 5.81. The van der Waals surface area contributed by atoms with Gasteiger partial charge in [0.05, 0.1) is 5.56 Å². The summed E-state index contributed by atoms with van der Waals surface area (Å²) < 4.78 is 6.51. The molecule has 1 atom stereocenters. The lowest BCUT2D eigenvalue weighted by atomic mass is 9.80. The van der Waals surface area contributed by atoms with Gasteiger partial charge in [0.25, 0.3) is 0 Å². The van der Waals surface area contributed by atoms with Crippen LogP contribution in [0.25, 0.3) is 5.57 Å². The number of carboxylic acids is 1. The van der Waals surface area contributed by atoms with Crippen molar-refractivity contribution in [3.8, 4) is 5.75 Å². The molecule has 1 aliphatic heterocycles. The van der Waals surface area contributed by atoms with E-state index in [4.69, 9.17) is 4.74 Å². The number of anilines is 1. The third-order valence-corrected chi connectivity index (χ3v) is 6.10. The van der Waals surface area contributed by atoms with E-state index in [2.05, 4.69) is 43.2 Å². The van der Waals surface area contributed by atoms with Crippen LogP contribution in [0, 0.1) is 13.8 Å². The monoisotopic (exact) mass is 430 g/mol. The van der Waals surface area contributed by atoms with Gasteiger partial charge in [0, 0.05) is 53.7 Å². The molecule has 0 amide bonds. The lowest BCUT2D eigenvalue weighted by Crippen LogP contribution is -2.31. The Kier molecular flexibility index (Phi) is 5.92. The first-order chi connectivity index (χ1) is 15.3. The second kappa shape index (κ2) is 8.65. The molecular formula is C27H30N2O3. The van der Waals surface area contributed by atoms with Gasteiger partial charge in [-0.2, -0.15) is 0 Å². The zero-order chi connectivity index (χ0) is 23.0. The molecule has 2 aromatic carbocycles. The van der Waals surface area contributed by atoms with Crippen LogP contribution in [0.4, 0.5) is 5.69 Å². The summed E-state index contributed by atoms with van der Waals surface area (Å²) in [6, 6.07) is 9.80. The summed E-state index contributed by atoms with van der Waals surface area (Å²) in [6.07, 6.45) is 2.60. The van der Waals surface area contributed by atoms with Gasteiger partial charge in [0.1, 0.15) is 11.9 Å². The number of aryl methyl sites for hydroxylation is 2. The summed E-state index contributed by atoms with van der Waals surface area (Å²) in [6.45, 7) is 11.7. The number of carboxylic acid groups (broad SMARTS) is 1. The van der Waals surface area contributed by atoms with Crippen molar-refractivity contribution in [2.24, 2.45) is 4.99 Å². The molecule has 0 saturated heterocycles. The molecule has 2 N–H and O–H groups in total. The number of hydrogen-bond acceptors (Lipinski definition) is 4. The number of nitrogens with one attached hydrogen (secondary N) is 1. The number of allylic oxidation sites excluding steroid dienone is 1. The number of ether oxygens (including phenoxy) is 1. The largest absolute Gasteiger partial charge is 0.485 e. The lowest BCUT2D eigenvalue weighted by Gasteiger charge is -2.35. The smallest absolute Gasteiger partial charge is 0.336 e. The number of benzene rings is 2. The van der Waals surface area contributed by atoms with Crippen molar-refractivity contribution in [2.75, 3.05) is 18.4 Å². The normalized spacial score (nSPS) is 18.6. The molecule has 0 aromatic heterocycles. The molecule has 5 heteroatoms. The molecular weight excluding hydrogens is 400 g/mol. The van der Waals surface area contributed by atoms with Crippen LogP contribution in [0.15, 0.2) is 52.5 Å². The molecule has 166 valence electrons. The van der Waals surface area contributed by atoms with Crippen molar-refractivity contribution in [2.45, 2.75) is 47.1 Å². The maximum Gasteiger partial charge on any atom is 0.336 e. The lowest BCUT2D eigenvalue weighted by molar-refractivity contribution is 0.0696. The Balaban J connectivity index is 2.04. The highest BCUT2D eigenvalue weighted by Crippen LogP contribution is 2.46. The molecule has 1 heterocycles. The molecule has 0 fully saturated rings. The van der Waals surface area contributed by atoms with E-state index in [1.807, 2.05) is 32.0 Å². The number of aromatic carboxylic acids is 1. The Morgan fingerprint density at radius 2 is 1.94 bits per heavy atom. The van der Waals surface area contributed by atoms with Crippen molar-refractivity contribution in [3.63, 3.8) is 0 Å². The minimum atomic E-state index is -0.924. The molecule has 0 radical (unpaired) electrons. The topological polar surface area (TPSA) is 70.9 Å². The Hall–Kier alpha value is -3.34. The van der Waals surface area contributed by atoms with Crippen molar-refractivity contribution in [1.29, 1.82) is 0 Å². The van der Waals surface area contributed by atoms with Gasteiger partial charge in [-0.05, 0) is 69.5 Å². The van der Waals surface area contributed by atoms with Crippen molar-refractivity contribution < 1.29 is 14.6 Å². The average molecular weight is 431 g/mol. The van der Waals surface area contributed by atoms with Gasteiger partial charge >= 0.3 is 5.97 Å². The standard InChI is InChI=1S/C27H30N2O3/c1-6-28-22-13-24-20(11-16(22)4)26(18-9-8-15(3)10-19(18)27(30)31)21-12-17(5)23(29-7-2)14-25(21)32-24/h8-13,25,28H,6-7,14H2,1-5H3,(H,30,31). The van der Waals surface area contributed by atoms with E-state index in [9.17, 15) is 9.90 Å². The van der Waals surface area contributed by atoms with Crippen molar-refractivity contribution in [1.82, 2.24) is 0 Å². The van der Waals surface area contributed by atoms with Crippen LogP contribution in [0.2, 0.25) is 0 Å². The highest BCUT2D eigenvalue weighted by Gasteiger charge is 2.34. The highest BCUT2D eigenvalue weighted by atomic mass is 16.5. The summed E-state index contributed by atoms with van der Waals surface area (Å²) in [5, 5.41) is 13.4. The SMILES string of the molecule is CCN=C1CC2Oc3cc(NCC)c(C)cc3C(c3ccc(C)cc3C(=O)O)=C2C=C1C. The fourth-order valence-corrected chi connectivity index (χ4v) is 4.60. The van der Waals surface area contributed by atoms with Crippen molar-refractivity contribution in [3.05, 3.63) is 75.4 Å². The van der Waals surface area contributed by atoms with E-state index in [-0.39, 0.29) is 6.10 Å². The fourth-order valence-electron chi connectivity index (χ4n) is 4.60. The molecule has 0 spiro atoms. The Morgan fingerprint density at radius 3 is 2.62 bits per heavy atom. The van der Waals surface area contributed by atoms with Gasteiger partial charge in [-0.1, -0.05) is 17.7 Å². The van der Waals surface area contributed by atoms with Gasteiger partial charge in [0.2, 0.25) is 0 Å². The first-order valence-corrected chi connectivity index (χ1v) is 11.2. The molecule has 1 unspecified atom stereocenters. The number of aliphatic imine (C=N–C) groups is 1. The van der Waals surface area contributed by atoms with Crippen LogP contribution in [0.1, 0.15) is 59.8 Å². The molecule has 2 aliphatic rings. The van der Waals surface area contributed by atoms with Crippen LogP contribution in [-0.4, -0.2) is 36.0 Å².